The van der Waals surface area contributed by atoms with Gasteiger partial charge in [0.25, 0.3) is 5.91 Å². The van der Waals surface area contributed by atoms with E-state index in [1.807, 2.05) is 38.4 Å². The van der Waals surface area contributed by atoms with Crippen molar-refractivity contribution in [2.75, 3.05) is 48.4 Å². The van der Waals surface area contributed by atoms with E-state index in [0.717, 1.165) is 24.3 Å². The number of nitrogens with zero attached hydrogens (tertiary/aromatic N) is 3. The van der Waals surface area contributed by atoms with Crippen molar-refractivity contribution in [2.45, 2.75) is 32.7 Å². The first-order valence-corrected chi connectivity index (χ1v) is 10.9. The molecular weight excluding hydrogens is 408 g/mol. The summed E-state index contributed by atoms with van der Waals surface area (Å²) in [6.45, 7) is 3.57. The summed E-state index contributed by atoms with van der Waals surface area (Å²) in [4.78, 5) is 43.8. The molecule has 8 heteroatoms. The van der Waals surface area contributed by atoms with Crippen LogP contribution >= 0.6 is 0 Å². The summed E-state index contributed by atoms with van der Waals surface area (Å²) in [5.41, 5.74) is 2.14. The van der Waals surface area contributed by atoms with Crippen molar-refractivity contribution in [3.63, 3.8) is 0 Å². The lowest BCUT2D eigenvalue weighted by molar-refractivity contribution is -0.139. The molecule has 0 saturated carbocycles. The molecule has 0 aliphatic carbocycles. The number of ether oxygens (including phenoxy) is 1. The van der Waals surface area contributed by atoms with Crippen molar-refractivity contribution in [3.8, 4) is 5.75 Å². The molecule has 3 amide bonds. The van der Waals surface area contributed by atoms with Crippen LogP contribution in [-0.4, -0.2) is 80.8 Å². The van der Waals surface area contributed by atoms with Crippen LogP contribution in [0.1, 0.15) is 31.7 Å². The Morgan fingerprint density at radius 2 is 1.81 bits per heavy atom. The number of allylic oxidation sites excluding steroid dienone is 1. The molecule has 0 spiro atoms. The predicted molar refractivity (Wildman–Crippen MR) is 124 cm³/mol. The highest BCUT2D eigenvalue weighted by Crippen LogP contribution is 2.32. The molecule has 1 unspecified atom stereocenters. The van der Waals surface area contributed by atoms with E-state index in [1.165, 1.54) is 4.90 Å². The maximum absolute atomic E-state index is 13.3. The van der Waals surface area contributed by atoms with Gasteiger partial charge >= 0.3 is 0 Å². The van der Waals surface area contributed by atoms with Crippen LogP contribution in [0.5, 0.6) is 5.75 Å². The molecule has 0 fully saturated rings. The Bertz CT molecular complexity index is 846. The lowest BCUT2D eigenvalue weighted by Crippen LogP contribution is -2.43. The molecule has 1 aliphatic heterocycles. The molecule has 2 rings (SSSR count). The van der Waals surface area contributed by atoms with Gasteiger partial charge < -0.3 is 24.8 Å². The molecule has 1 aromatic carbocycles. The van der Waals surface area contributed by atoms with Crippen LogP contribution in [0, 0.1) is 5.92 Å². The molecule has 1 aliphatic rings. The summed E-state index contributed by atoms with van der Waals surface area (Å²) in [5.74, 6) is -0.256. The van der Waals surface area contributed by atoms with E-state index in [2.05, 4.69) is 10.2 Å². The normalized spacial score (nSPS) is 16.4. The van der Waals surface area contributed by atoms with E-state index in [-0.39, 0.29) is 30.6 Å². The van der Waals surface area contributed by atoms with Crippen LogP contribution in [0.3, 0.4) is 0 Å². The highest BCUT2D eigenvalue weighted by Gasteiger charge is 2.36. The van der Waals surface area contributed by atoms with Crippen LogP contribution in [-0.2, 0) is 20.9 Å². The standard InChI is InChI=1S/C24H36N4O4/c1-17-21(24(31)27(4)5)14-19(15-22(29)25-12-7-13-26(2)3)23(30)28(17)16-18-8-10-20(32-6)11-9-18/h8-11,19H,7,12-16H2,1-6H3,(H,25,29). The molecule has 0 saturated heterocycles. The fourth-order valence-corrected chi connectivity index (χ4v) is 3.73. The van der Waals surface area contributed by atoms with Gasteiger partial charge in [0.2, 0.25) is 11.8 Å². The second kappa shape index (κ2) is 11.7. The van der Waals surface area contributed by atoms with Crippen molar-refractivity contribution < 1.29 is 19.1 Å². The Morgan fingerprint density at radius 1 is 1.16 bits per heavy atom. The van der Waals surface area contributed by atoms with Gasteiger partial charge in [0.05, 0.1) is 19.6 Å². The number of benzene rings is 1. The van der Waals surface area contributed by atoms with E-state index >= 15 is 0 Å². The average molecular weight is 445 g/mol. The van der Waals surface area contributed by atoms with Crippen molar-refractivity contribution >= 4 is 17.7 Å². The van der Waals surface area contributed by atoms with Crippen LogP contribution in [0.25, 0.3) is 0 Å². The van der Waals surface area contributed by atoms with Crippen LogP contribution in [0.15, 0.2) is 35.5 Å². The summed E-state index contributed by atoms with van der Waals surface area (Å²) in [6.07, 6.45) is 1.17. The third-order valence-corrected chi connectivity index (χ3v) is 5.61. The van der Waals surface area contributed by atoms with Gasteiger partial charge in [-0.3, -0.25) is 14.4 Å². The average Bonchev–Trinajstić information content (AvgIpc) is 2.76. The first-order chi connectivity index (χ1) is 15.1. The summed E-state index contributed by atoms with van der Waals surface area (Å²) in [5, 5.41) is 2.90. The minimum atomic E-state index is -0.565. The Kier molecular flexibility index (Phi) is 9.26. The number of hydrogen-bond acceptors (Lipinski definition) is 5. The van der Waals surface area contributed by atoms with Crippen molar-refractivity contribution in [1.29, 1.82) is 0 Å². The lowest BCUT2D eigenvalue weighted by Gasteiger charge is -2.35. The molecule has 8 nitrogen and oxygen atoms in total. The molecule has 0 radical (unpaired) electrons. The number of carbonyl (C=O) groups excluding carboxylic acids is 3. The van der Waals surface area contributed by atoms with E-state index in [9.17, 15) is 14.4 Å². The van der Waals surface area contributed by atoms with E-state index < -0.39 is 5.92 Å². The molecule has 1 N–H and O–H groups in total. The zero-order chi connectivity index (χ0) is 23.8. The summed E-state index contributed by atoms with van der Waals surface area (Å²) in [7, 11) is 8.96. The predicted octanol–water partition coefficient (Wildman–Crippen LogP) is 1.86. The van der Waals surface area contributed by atoms with Crippen LogP contribution in [0.2, 0.25) is 0 Å². The molecule has 1 heterocycles. The summed E-state index contributed by atoms with van der Waals surface area (Å²) in [6, 6.07) is 7.47. The van der Waals surface area contributed by atoms with Crippen molar-refractivity contribution in [1.82, 2.24) is 20.0 Å². The number of likely N-dealkylation sites (N-methyl/N-ethyl adjacent to an activating group) is 1. The number of carbonyl (C=O) groups is 3. The van der Waals surface area contributed by atoms with E-state index in [1.54, 1.807) is 33.0 Å². The second-order valence-corrected chi connectivity index (χ2v) is 8.65. The van der Waals surface area contributed by atoms with E-state index in [4.69, 9.17) is 4.74 Å². The topological polar surface area (TPSA) is 82.2 Å². The molecule has 1 atom stereocenters. The smallest absolute Gasteiger partial charge is 0.251 e. The zero-order valence-electron chi connectivity index (χ0n) is 20.1. The third kappa shape index (κ3) is 6.82. The van der Waals surface area contributed by atoms with Crippen LogP contribution < -0.4 is 10.1 Å². The highest BCUT2D eigenvalue weighted by atomic mass is 16.5. The van der Waals surface area contributed by atoms with Gasteiger partial charge in [0.1, 0.15) is 5.75 Å². The lowest BCUT2D eigenvalue weighted by atomic mass is 9.88. The molecular formula is C24H36N4O4. The number of amides is 3. The summed E-state index contributed by atoms with van der Waals surface area (Å²) < 4.78 is 5.20. The van der Waals surface area contributed by atoms with Gasteiger partial charge in [0.15, 0.2) is 0 Å². The quantitative estimate of drug-likeness (QED) is 0.557. The minimum Gasteiger partial charge on any atom is -0.497 e. The molecule has 32 heavy (non-hydrogen) atoms. The highest BCUT2D eigenvalue weighted by molar-refractivity contribution is 5.98. The zero-order valence-corrected chi connectivity index (χ0v) is 20.1. The van der Waals surface area contributed by atoms with Crippen molar-refractivity contribution in [3.05, 3.63) is 41.1 Å². The number of methoxy groups -OCH3 is 1. The first kappa shape index (κ1) is 25.4. The van der Waals surface area contributed by atoms with Gasteiger partial charge in [-0.2, -0.15) is 0 Å². The molecule has 0 bridgehead atoms. The molecule has 0 aromatic heterocycles. The van der Waals surface area contributed by atoms with Gasteiger partial charge in [-0.25, -0.2) is 0 Å². The van der Waals surface area contributed by atoms with Crippen LogP contribution in [0.4, 0.5) is 0 Å². The van der Waals surface area contributed by atoms with E-state index in [0.29, 0.717) is 24.4 Å². The van der Waals surface area contributed by atoms with Gasteiger partial charge in [-0.1, -0.05) is 12.1 Å². The van der Waals surface area contributed by atoms with Gasteiger partial charge in [-0.05, 0) is 58.1 Å². The fourth-order valence-electron chi connectivity index (χ4n) is 3.73. The Balaban J connectivity index is 2.18. The largest absolute Gasteiger partial charge is 0.497 e. The molecule has 1 aromatic rings. The minimum absolute atomic E-state index is 0.0669. The Labute approximate surface area is 191 Å². The summed E-state index contributed by atoms with van der Waals surface area (Å²) >= 11 is 0. The Hall–Kier alpha value is -2.87. The van der Waals surface area contributed by atoms with Gasteiger partial charge in [-0.15, -0.1) is 0 Å². The number of rotatable bonds is 10. The first-order valence-electron chi connectivity index (χ1n) is 10.9. The Morgan fingerprint density at radius 3 is 2.38 bits per heavy atom. The second-order valence-electron chi connectivity index (χ2n) is 8.65. The number of nitrogens with one attached hydrogen (secondary N) is 1. The van der Waals surface area contributed by atoms with Crippen molar-refractivity contribution in [2.24, 2.45) is 5.92 Å². The fraction of sp³-hybridized carbons (Fsp3) is 0.542. The maximum Gasteiger partial charge on any atom is 0.251 e. The van der Waals surface area contributed by atoms with Gasteiger partial charge in [0, 0.05) is 38.3 Å². The maximum atomic E-state index is 13.3. The molecule has 176 valence electrons. The monoisotopic (exact) mass is 444 g/mol. The third-order valence-electron chi connectivity index (χ3n) is 5.61. The SMILES string of the molecule is COc1ccc(CN2C(=O)C(CC(=O)NCCCN(C)C)CC(C(=O)N(C)C)=C2C)cc1. The number of hydrogen-bond donors (Lipinski definition) is 1.